The average Bonchev–Trinajstić information content (AvgIpc) is 3.33. The summed E-state index contributed by atoms with van der Waals surface area (Å²) in [4.78, 5) is 8.93. The number of benzene rings is 2. The molecule has 3 aromatic heterocycles. The predicted octanol–water partition coefficient (Wildman–Crippen LogP) is 4.84. The minimum Gasteiger partial charge on any atom is -0.467 e. The van der Waals surface area contributed by atoms with Crippen molar-refractivity contribution in [1.29, 1.82) is 5.41 Å². The Morgan fingerprint density at radius 3 is 2.74 bits per heavy atom. The standard InChI is InChI=1S/C25H18N4O2/c26-24-23-21(17-6-3-11-27-13-17)22-19-8-2-1-5-16(19)9-10-20(22)31-25(23)28-15-29(24)14-18-7-4-12-30-18/h1-13,15,21,26H,14H2. The number of rotatable bonds is 3. The van der Waals surface area contributed by atoms with E-state index in [1.54, 1.807) is 23.4 Å². The van der Waals surface area contributed by atoms with Crippen LogP contribution in [-0.2, 0) is 6.54 Å². The van der Waals surface area contributed by atoms with E-state index in [4.69, 9.17) is 14.6 Å². The summed E-state index contributed by atoms with van der Waals surface area (Å²) in [5.74, 6) is 1.76. The molecule has 4 heterocycles. The molecule has 1 N–H and O–H groups in total. The minimum absolute atomic E-state index is 0.220. The van der Waals surface area contributed by atoms with Gasteiger partial charge in [-0.2, -0.15) is 0 Å². The summed E-state index contributed by atoms with van der Waals surface area (Å²) in [5, 5.41) is 11.3. The maximum absolute atomic E-state index is 9.04. The number of hydrogen-bond acceptors (Lipinski definition) is 5. The lowest BCUT2D eigenvalue weighted by Gasteiger charge is -2.29. The molecule has 6 rings (SSSR count). The molecule has 1 atom stereocenters. The van der Waals surface area contributed by atoms with Gasteiger partial charge in [-0.25, -0.2) is 4.98 Å². The molecule has 31 heavy (non-hydrogen) atoms. The molecule has 0 saturated carbocycles. The molecular formula is C25H18N4O2. The first-order valence-corrected chi connectivity index (χ1v) is 10.1. The van der Waals surface area contributed by atoms with Crippen molar-refractivity contribution < 1.29 is 9.15 Å². The summed E-state index contributed by atoms with van der Waals surface area (Å²) in [6.07, 6.45) is 6.88. The molecule has 0 aliphatic carbocycles. The SMILES string of the molecule is N=c1c2c(ncn1Cc1ccco1)Oc1ccc3ccccc3c1C2c1cccnc1. The van der Waals surface area contributed by atoms with Crippen LogP contribution in [0.5, 0.6) is 11.6 Å². The lowest BCUT2D eigenvalue weighted by molar-refractivity contribution is 0.420. The van der Waals surface area contributed by atoms with Gasteiger partial charge in [0.05, 0.1) is 18.4 Å². The number of pyridine rings is 1. The minimum atomic E-state index is -0.220. The Morgan fingerprint density at radius 1 is 0.968 bits per heavy atom. The lowest BCUT2D eigenvalue weighted by atomic mass is 9.82. The highest BCUT2D eigenvalue weighted by molar-refractivity contribution is 5.90. The Hall–Kier alpha value is -4.19. The van der Waals surface area contributed by atoms with Crippen LogP contribution in [-0.4, -0.2) is 14.5 Å². The monoisotopic (exact) mass is 406 g/mol. The van der Waals surface area contributed by atoms with Crippen molar-refractivity contribution in [3.05, 3.63) is 114 Å². The molecule has 150 valence electrons. The fourth-order valence-electron chi connectivity index (χ4n) is 4.33. The number of furan rings is 1. The maximum atomic E-state index is 9.04. The highest BCUT2D eigenvalue weighted by atomic mass is 16.5. The number of hydrogen-bond donors (Lipinski definition) is 1. The molecule has 0 radical (unpaired) electrons. The van der Waals surface area contributed by atoms with Crippen molar-refractivity contribution in [3.63, 3.8) is 0 Å². The number of nitrogens with zero attached hydrogens (tertiary/aromatic N) is 3. The highest BCUT2D eigenvalue weighted by Crippen LogP contribution is 2.47. The van der Waals surface area contributed by atoms with Crippen molar-refractivity contribution in [2.45, 2.75) is 12.5 Å². The van der Waals surface area contributed by atoms with Gasteiger partial charge in [-0.15, -0.1) is 0 Å². The van der Waals surface area contributed by atoms with Gasteiger partial charge in [0.1, 0.15) is 23.3 Å². The van der Waals surface area contributed by atoms with Crippen molar-refractivity contribution in [2.75, 3.05) is 0 Å². The van der Waals surface area contributed by atoms with Crippen LogP contribution < -0.4 is 10.2 Å². The van der Waals surface area contributed by atoms with Crippen molar-refractivity contribution >= 4 is 10.8 Å². The zero-order valence-corrected chi connectivity index (χ0v) is 16.5. The molecule has 0 saturated heterocycles. The third kappa shape index (κ3) is 2.84. The number of aromatic nitrogens is 3. The Balaban J connectivity index is 1.63. The molecule has 5 aromatic rings. The molecule has 2 aromatic carbocycles. The molecular weight excluding hydrogens is 388 g/mol. The van der Waals surface area contributed by atoms with Gasteiger partial charge in [-0.3, -0.25) is 10.4 Å². The Bertz CT molecular complexity index is 1460. The van der Waals surface area contributed by atoms with E-state index in [9.17, 15) is 0 Å². The first kappa shape index (κ1) is 17.7. The van der Waals surface area contributed by atoms with Crippen LogP contribution >= 0.6 is 0 Å². The molecule has 0 spiro atoms. The molecule has 6 heteroatoms. The molecule has 1 aliphatic heterocycles. The van der Waals surface area contributed by atoms with E-state index in [0.29, 0.717) is 17.9 Å². The van der Waals surface area contributed by atoms with Crippen LogP contribution in [0.15, 0.2) is 90.1 Å². The van der Waals surface area contributed by atoms with Crippen LogP contribution in [0.4, 0.5) is 0 Å². The van der Waals surface area contributed by atoms with Crippen LogP contribution in [0.1, 0.15) is 28.4 Å². The molecule has 1 aliphatic rings. The fraction of sp³-hybridized carbons (Fsp3) is 0.0800. The quantitative estimate of drug-likeness (QED) is 0.456. The maximum Gasteiger partial charge on any atom is 0.228 e. The summed E-state index contributed by atoms with van der Waals surface area (Å²) in [7, 11) is 0. The van der Waals surface area contributed by atoms with Crippen LogP contribution in [0, 0.1) is 5.41 Å². The van der Waals surface area contributed by atoms with E-state index < -0.39 is 0 Å². The fourth-order valence-corrected chi connectivity index (χ4v) is 4.33. The van der Waals surface area contributed by atoms with Gasteiger partial charge >= 0.3 is 0 Å². The van der Waals surface area contributed by atoms with E-state index in [0.717, 1.165) is 39.0 Å². The Morgan fingerprint density at radius 2 is 1.90 bits per heavy atom. The Labute approximate surface area is 177 Å². The second-order valence-corrected chi connectivity index (χ2v) is 7.54. The van der Waals surface area contributed by atoms with Gasteiger partial charge in [0.15, 0.2) is 0 Å². The van der Waals surface area contributed by atoms with Gasteiger partial charge in [0.25, 0.3) is 0 Å². The molecule has 0 amide bonds. The molecule has 1 unspecified atom stereocenters. The van der Waals surface area contributed by atoms with Gasteiger partial charge in [0.2, 0.25) is 5.88 Å². The second-order valence-electron chi connectivity index (χ2n) is 7.54. The summed E-state index contributed by atoms with van der Waals surface area (Å²) in [6.45, 7) is 0.425. The van der Waals surface area contributed by atoms with Crippen LogP contribution in [0.25, 0.3) is 10.8 Å². The summed E-state index contributed by atoms with van der Waals surface area (Å²) >= 11 is 0. The van der Waals surface area contributed by atoms with Gasteiger partial charge < -0.3 is 13.7 Å². The van der Waals surface area contributed by atoms with Gasteiger partial charge in [-0.05, 0) is 40.6 Å². The highest BCUT2D eigenvalue weighted by Gasteiger charge is 2.33. The smallest absolute Gasteiger partial charge is 0.228 e. The van der Waals surface area contributed by atoms with Crippen LogP contribution in [0.2, 0.25) is 0 Å². The zero-order valence-electron chi connectivity index (χ0n) is 16.5. The van der Waals surface area contributed by atoms with E-state index in [-0.39, 0.29) is 5.92 Å². The first-order chi connectivity index (χ1) is 15.3. The van der Waals surface area contributed by atoms with E-state index >= 15 is 0 Å². The summed E-state index contributed by atoms with van der Waals surface area (Å²) in [6, 6.07) is 20.0. The molecule has 6 nitrogen and oxygen atoms in total. The number of nitrogens with one attached hydrogen (secondary N) is 1. The van der Waals surface area contributed by atoms with Crippen LogP contribution in [0.3, 0.4) is 0 Å². The zero-order chi connectivity index (χ0) is 20.8. The summed E-state index contributed by atoms with van der Waals surface area (Å²) in [5.41, 5.74) is 3.10. The third-order valence-corrected chi connectivity index (χ3v) is 5.73. The molecule has 0 fully saturated rings. The van der Waals surface area contributed by atoms with E-state index in [1.807, 2.05) is 48.7 Å². The Kier molecular flexibility index (Phi) is 3.96. The van der Waals surface area contributed by atoms with Gasteiger partial charge in [0, 0.05) is 23.9 Å². The predicted molar refractivity (Wildman–Crippen MR) is 115 cm³/mol. The lowest BCUT2D eigenvalue weighted by Crippen LogP contribution is -2.30. The topological polar surface area (TPSA) is 76.9 Å². The normalized spacial score (nSPS) is 14.6. The third-order valence-electron chi connectivity index (χ3n) is 5.73. The number of ether oxygens (including phenoxy) is 1. The second kappa shape index (κ2) is 6.95. The van der Waals surface area contributed by atoms with Crippen molar-refractivity contribution in [2.24, 2.45) is 0 Å². The first-order valence-electron chi connectivity index (χ1n) is 10.1. The summed E-state index contributed by atoms with van der Waals surface area (Å²) < 4.78 is 13.5. The van der Waals surface area contributed by atoms with E-state index in [1.165, 1.54) is 0 Å². The van der Waals surface area contributed by atoms with Gasteiger partial charge in [-0.1, -0.05) is 36.4 Å². The van der Waals surface area contributed by atoms with Crippen molar-refractivity contribution in [3.8, 4) is 11.6 Å². The van der Waals surface area contributed by atoms with Crippen molar-refractivity contribution in [1.82, 2.24) is 14.5 Å². The number of fused-ring (bicyclic) bond motifs is 4. The largest absolute Gasteiger partial charge is 0.467 e. The average molecular weight is 406 g/mol. The van der Waals surface area contributed by atoms with E-state index in [2.05, 4.69) is 28.2 Å². The molecule has 0 bridgehead atoms.